The molecule has 2 aromatic carbocycles. The number of halogens is 2. The first-order valence-electron chi connectivity index (χ1n) is 8.39. The highest BCUT2D eigenvalue weighted by Crippen LogP contribution is 2.38. The summed E-state index contributed by atoms with van der Waals surface area (Å²) in [5, 5.41) is 5.82. The second-order valence-electron chi connectivity index (χ2n) is 6.45. The molecule has 2 aliphatic heterocycles. The highest BCUT2D eigenvalue weighted by atomic mass is 79.9. The first-order chi connectivity index (χ1) is 11.7. The normalized spacial score (nSPS) is 18.7. The van der Waals surface area contributed by atoms with Crippen molar-refractivity contribution in [1.29, 1.82) is 0 Å². The number of nitrogens with zero attached hydrogens (tertiary/aromatic N) is 1. The van der Waals surface area contributed by atoms with Crippen molar-refractivity contribution in [2.75, 3.05) is 23.7 Å². The Morgan fingerprint density at radius 1 is 1.08 bits per heavy atom. The van der Waals surface area contributed by atoms with E-state index in [4.69, 9.17) is 0 Å². The maximum Gasteiger partial charge on any atom is 0.323 e. The van der Waals surface area contributed by atoms with Gasteiger partial charge in [0.05, 0.1) is 0 Å². The maximum atomic E-state index is 12.2. The number of hydrogen-bond donors (Lipinski definition) is 2. The van der Waals surface area contributed by atoms with Crippen LogP contribution in [0, 0.1) is 0 Å². The minimum atomic E-state index is -0.216. The van der Waals surface area contributed by atoms with Gasteiger partial charge in [-0.3, -0.25) is 4.90 Å². The SMILES string of the molecule is Cl.O=C(Nc1cccc(Br)c1)Nc1ccc2c(c1)C1CCCN1CC2. The standard InChI is InChI=1S/C19H20BrN3O.ClH/c20-14-3-1-4-15(11-14)21-19(24)22-16-7-6-13-8-10-23-9-2-5-18(23)17(13)12-16;/h1,3-4,6-7,11-12,18H,2,5,8-10H2,(H2,21,22,24);1H. The number of benzene rings is 2. The first-order valence-corrected chi connectivity index (χ1v) is 9.19. The van der Waals surface area contributed by atoms with Crippen LogP contribution in [0.15, 0.2) is 46.9 Å². The number of fused-ring (bicyclic) bond motifs is 3. The Labute approximate surface area is 162 Å². The van der Waals surface area contributed by atoms with Gasteiger partial charge in [-0.15, -0.1) is 12.4 Å². The predicted molar refractivity (Wildman–Crippen MR) is 108 cm³/mol. The van der Waals surface area contributed by atoms with Gasteiger partial charge in [0.25, 0.3) is 0 Å². The van der Waals surface area contributed by atoms with Crippen LogP contribution in [-0.2, 0) is 6.42 Å². The molecule has 2 aromatic rings. The van der Waals surface area contributed by atoms with Gasteiger partial charge < -0.3 is 10.6 Å². The zero-order valence-electron chi connectivity index (χ0n) is 13.8. The zero-order valence-corrected chi connectivity index (χ0v) is 16.2. The van der Waals surface area contributed by atoms with E-state index in [1.807, 2.05) is 30.3 Å². The molecule has 6 heteroatoms. The number of nitrogens with one attached hydrogen (secondary N) is 2. The van der Waals surface area contributed by atoms with Gasteiger partial charge in [0, 0.05) is 28.4 Å². The van der Waals surface area contributed by atoms with Gasteiger partial charge in [0.15, 0.2) is 0 Å². The molecule has 2 heterocycles. The second kappa shape index (κ2) is 7.77. The van der Waals surface area contributed by atoms with Gasteiger partial charge in [-0.1, -0.05) is 28.1 Å². The summed E-state index contributed by atoms with van der Waals surface area (Å²) < 4.78 is 0.940. The monoisotopic (exact) mass is 421 g/mol. The molecule has 4 rings (SSSR count). The van der Waals surface area contributed by atoms with Crippen LogP contribution in [0.25, 0.3) is 0 Å². The highest BCUT2D eigenvalue weighted by Gasteiger charge is 2.31. The molecule has 2 aliphatic rings. The van der Waals surface area contributed by atoms with Crippen LogP contribution in [0.1, 0.15) is 30.0 Å². The van der Waals surface area contributed by atoms with Crippen LogP contribution in [-0.4, -0.2) is 24.0 Å². The highest BCUT2D eigenvalue weighted by molar-refractivity contribution is 9.10. The molecular formula is C19H21BrClN3O. The van der Waals surface area contributed by atoms with E-state index in [9.17, 15) is 4.79 Å². The van der Waals surface area contributed by atoms with Crippen LogP contribution in [0.5, 0.6) is 0 Å². The molecule has 0 spiro atoms. The maximum absolute atomic E-state index is 12.2. The molecule has 0 aromatic heterocycles. The van der Waals surface area contributed by atoms with E-state index < -0.39 is 0 Å². The molecule has 0 radical (unpaired) electrons. The number of carbonyl (C=O) groups is 1. The van der Waals surface area contributed by atoms with Crippen molar-refractivity contribution in [2.45, 2.75) is 25.3 Å². The van der Waals surface area contributed by atoms with Crippen molar-refractivity contribution < 1.29 is 4.79 Å². The largest absolute Gasteiger partial charge is 0.323 e. The third-order valence-electron chi connectivity index (χ3n) is 4.88. The van der Waals surface area contributed by atoms with Crippen LogP contribution >= 0.6 is 28.3 Å². The third-order valence-corrected chi connectivity index (χ3v) is 5.37. The fourth-order valence-electron chi connectivity index (χ4n) is 3.78. The van der Waals surface area contributed by atoms with E-state index in [2.05, 4.69) is 43.6 Å². The molecule has 25 heavy (non-hydrogen) atoms. The molecular weight excluding hydrogens is 402 g/mol. The second-order valence-corrected chi connectivity index (χ2v) is 7.36. The van der Waals surface area contributed by atoms with Crippen LogP contribution in [0.4, 0.5) is 16.2 Å². The molecule has 1 atom stereocenters. The predicted octanol–water partition coefficient (Wildman–Crippen LogP) is 5.21. The molecule has 2 amide bonds. The average Bonchev–Trinajstić information content (AvgIpc) is 3.04. The quantitative estimate of drug-likeness (QED) is 0.698. The first kappa shape index (κ1) is 18.2. The van der Waals surface area contributed by atoms with E-state index in [1.165, 1.54) is 30.5 Å². The van der Waals surface area contributed by atoms with E-state index in [-0.39, 0.29) is 18.4 Å². The number of hydrogen-bond acceptors (Lipinski definition) is 2. The summed E-state index contributed by atoms with van der Waals surface area (Å²) in [6.07, 6.45) is 3.60. The van der Waals surface area contributed by atoms with E-state index >= 15 is 0 Å². The summed E-state index contributed by atoms with van der Waals surface area (Å²) in [5.41, 5.74) is 4.44. The fourth-order valence-corrected chi connectivity index (χ4v) is 4.18. The van der Waals surface area contributed by atoms with Crippen molar-refractivity contribution in [2.24, 2.45) is 0 Å². The van der Waals surface area contributed by atoms with Crippen LogP contribution in [0.3, 0.4) is 0 Å². The minimum Gasteiger partial charge on any atom is -0.308 e. The minimum absolute atomic E-state index is 0. The Hall–Kier alpha value is -1.56. The summed E-state index contributed by atoms with van der Waals surface area (Å²) >= 11 is 3.41. The molecule has 1 saturated heterocycles. The molecule has 0 aliphatic carbocycles. The lowest BCUT2D eigenvalue weighted by Crippen LogP contribution is -2.31. The Morgan fingerprint density at radius 3 is 2.68 bits per heavy atom. The summed E-state index contributed by atoms with van der Waals surface area (Å²) in [5.74, 6) is 0. The lowest BCUT2D eigenvalue weighted by atomic mass is 9.92. The molecule has 0 saturated carbocycles. The number of rotatable bonds is 2. The van der Waals surface area contributed by atoms with Crippen molar-refractivity contribution in [3.8, 4) is 0 Å². The van der Waals surface area contributed by atoms with Crippen molar-refractivity contribution >= 4 is 45.7 Å². The Morgan fingerprint density at radius 2 is 1.88 bits per heavy atom. The topological polar surface area (TPSA) is 44.4 Å². The summed E-state index contributed by atoms with van der Waals surface area (Å²) in [6.45, 7) is 2.36. The third kappa shape index (κ3) is 4.00. The number of urea groups is 1. The summed E-state index contributed by atoms with van der Waals surface area (Å²) in [6, 6.07) is 14.2. The summed E-state index contributed by atoms with van der Waals surface area (Å²) in [4.78, 5) is 14.8. The van der Waals surface area contributed by atoms with E-state index in [1.54, 1.807) is 0 Å². The lowest BCUT2D eigenvalue weighted by molar-refractivity contribution is 0.244. The van der Waals surface area contributed by atoms with Gasteiger partial charge in [0.1, 0.15) is 0 Å². The van der Waals surface area contributed by atoms with E-state index in [0.717, 1.165) is 28.8 Å². The number of amides is 2. The van der Waals surface area contributed by atoms with Gasteiger partial charge >= 0.3 is 6.03 Å². The Balaban J connectivity index is 0.00000182. The average molecular weight is 423 g/mol. The van der Waals surface area contributed by atoms with Crippen molar-refractivity contribution in [1.82, 2.24) is 4.90 Å². The molecule has 1 fully saturated rings. The zero-order chi connectivity index (χ0) is 16.5. The molecule has 2 N–H and O–H groups in total. The molecule has 0 bridgehead atoms. The van der Waals surface area contributed by atoms with Crippen LogP contribution < -0.4 is 10.6 Å². The van der Waals surface area contributed by atoms with Gasteiger partial charge in [-0.25, -0.2) is 4.79 Å². The number of anilines is 2. The lowest BCUT2D eigenvalue weighted by Gasteiger charge is -2.32. The molecule has 132 valence electrons. The van der Waals surface area contributed by atoms with Gasteiger partial charge in [0.2, 0.25) is 0 Å². The van der Waals surface area contributed by atoms with Crippen molar-refractivity contribution in [3.63, 3.8) is 0 Å². The smallest absolute Gasteiger partial charge is 0.308 e. The molecule has 4 nitrogen and oxygen atoms in total. The summed E-state index contributed by atoms with van der Waals surface area (Å²) in [7, 11) is 0. The molecule has 1 unspecified atom stereocenters. The van der Waals surface area contributed by atoms with Gasteiger partial charge in [-0.05, 0) is 67.3 Å². The van der Waals surface area contributed by atoms with E-state index in [0.29, 0.717) is 6.04 Å². The van der Waals surface area contributed by atoms with Crippen molar-refractivity contribution in [3.05, 3.63) is 58.1 Å². The van der Waals surface area contributed by atoms with Crippen LogP contribution in [0.2, 0.25) is 0 Å². The Bertz CT molecular complexity index is 783. The number of carbonyl (C=O) groups excluding carboxylic acids is 1. The fraction of sp³-hybridized carbons (Fsp3) is 0.316. The van der Waals surface area contributed by atoms with Gasteiger partial charge in [-0.2, -0.15) is 0 Å². The Kier molecular flexibility index (Phi) is 5.67.